The number of halogens is 4. The number of H-pyrrole nitrogens is 1. The van der Waals surface area contributed by atoms with E-state index in [9.17, 15) is 27.2 Å². The number of methoxy groups -OCH3 is 1. The van der Waals surface area contributed by atoms with Crippen LogP contribution in [0.15, 0.2) is 10.9 Å². The van der Waals surface area contributed by atoms with Gasteiger partial charge in [0.1, 0.15) is 6.67 Å². The van der Waals surface area contributed by atoms with Crippen molar-refractivity contribution in [1.82, 2.24) is 4.98 Å². The molecule has 1 heterocycles. The normalized spacial score (nSPS) is 11.2. The van der Waals surface area contributed by atoms with Crippen LogP contribution in [0.4, 0.5) is 17.6 Å². The Morgan fingerprint density at radius 1 is 1.42 bits per heavy atom. The van der Waals surface area contributed by atoms with E-state index in [1.807, 2.05) is 4.98 Å². The van der Waals surface area contributed by atoms with E-state index in [-0.39, 0.29) is 5.69 Å². The third-order valence-electron chi connectivity index (χ3n) is 2.06. The number of esters is 1. The van der Waals surface area contributed by atoms with Crippen molar-refractivity contribution < 1.29 is 31.8 Å². The lowest BCUT2D eigenvalue weighted by molar-refractivity contribution is -0.276. The molecule has 0 fully saturated rings. The number of alkyl halides is 4. The van der Waals surface area contributed by atoms with E-state index < -0.39 is 42.3 Å². The highest BCUT2D eigenvalue weighted by Crippen LogP contribution is 2.23. The monoisotopic (exact) mass is 283 g/mol. The average molecular weight is 283 g/mol. The van der Waals surface area contributed by atoms with Crippen molar-refractivity contribution in [3.8, 4) is 5.88 Å². The van der Waals surface area contributed by atoms with Crippen LogP contribution < -0.4 is 10.2 Å². The number of carbonyl (C=O) groups is 1. The molecule has 0 saturated carbocycles. The molecule has 0 spiro atoms. The van der Waals surface area contributed by atoms with Gasteiger partial charge in [0.15, 0.2) is 5.43 Å². The molecule has 0 aliphatic rings. The standard InChI is InChI=1S/C10H9F4NO4/c1-18-8(17)3-5-2-7(16)6(4-11)9(15-5)19-10(12,13)14/h2H,3-4H2,1H3,(H,15,16). The largest absolute Gasteiger partial charge is 0.574 e. The molecule has 0 aliphatic heterocycles. The van der Waals surface area contributed by atoms with Crippen molar-refractivity contribution in [3.63, 3.8) is 0 Å². The highest BCUT2D eigenvalue weighted by molar-refractivity contribution is 5.71. The van der Waals surface area contributed by atoms with Gasteiger partial charge in [0.2, 0.25) is 5.88 Å². The number of rotatable bonds is 4. The minimum atomic E-state index is -5.09. The predicted octanol–water partition coefficient (Wildman–Crippen LogP) is 1.46. The summed E-state index contributed by atoms with van der Waals surface area (Å²) in [5.74, 6) is -1.84. The minimum Gasteiger partial charge on any atom is -0.469 e. The third kappa shape index (κ3) is 4.27. The van der Waals surface area contributed by atoms with Crippen LogP contribution in [0.25, 0.3) is 0 Å². The molecule has 106 valence electrons. The second kappa shape index (κ2) is 5.72. The van der Waals surface area contributed by atoms with Crippen LogP contribution in [-0.4, -0.2) is 24.4 Å². The zero-order valence-electron chi connectivity index (χ0n) is 9.64. The lowest BCUT2D eigenvalue weighted by atomic mass is 10.2. The molecule has 19 heavy (non-hydrogen) atoms. The van der Waals surface area contributed by atoms with Gasteiger partial charge in [-0.1, -0.05) is 0 Å². The van der Waals surface area contributed by atoms with Gasteiger partial charge in [0, 0.05) is 11.8 Å². The first-order valence-electron chi connectivity index (χ1n) is 4.90. The smallest absolute Gasteiger partial charge is 0.469 e. The molecule has 0 amide bonds. The zero-order valence-corrected chi connectivity index (χ0v) is 9.64. The van der Waals surface area contributed by atoms with Gasteiger partial charge >= 0.3 is 12.3 Å². The van der Waals surface area contributed by atoms with Crippen LogP contribution in [0.1, 0.15) is 11.3 Å². The number of carbonyl (C=O) groups excluding carboxylic acids is 1. The molecule has 5 nitrogen and oxygen atoms in total. The lowest BCUT2D eigenvalue weighted by Gasteiger charge is -2.12. The van der Waals surface area contributed by atoms with Crippen molar-refractivity contribution >= 4 is 5.97 Å². The molecule has 0 unspecified atom stereocenters. The number of hydrogen-bond acceptors (Lipinski definition) is 4. The van der Waals surface area contributed by atoms with Crippen molar-refractivity contribution in [2.45, 2.75) is 19.5 Å². The summed E-state index contributed by atoms with van der Waals surface area (Å²) in [6.07, 6.45) is -5.55. The van der Waals surface area contributed by atoms with Crippen LogP contribution in [0, 0.1) is 0 Å². The van der Waals surface area contributed by atoms with E-state index in [0.29, 0.717) is 0 Å². The number of ether oxygens (including phenoxy) is 2. The molecule has 0 radical (unpaired) electrons. The first kappa shape index (κ1) is 15.0. The maximum atomic E-state index is 12.5. The van der Waals surface area contributed by atoms with E-state index in [1.165, 1.54) is 0 Å². The van der Waals surface area contributed by atoms with Crippen molar-refractivity contribution in [3.05, 3.63) is 27.5 Å². The summed E-state index contributed by atoms with van der Waals surface area (Å²) < 4.78 is 56.6. The summed E-state index contributed by atoms with van der Waals surface area (Å²) in [7, 11) is 1.07. The molecule has 0 bridgehead atoms. The molecule has 1 aromatic heterocycles. The van der Waals surface area contributed by atoms with E-state index in [0.717, 1.165) is 13.2 Å². The molecule has 9 heteroatoms. The summed E-state index contributed by atoms with van der Waals surface area (Å²) in [6, 6.07) is 0.815. The van der Waals surface area contributed by atoms with Gasteiger partial charge in [-0.25, -0.2) is 4.39 Å². The number of aromatic nitrogens is 1. The molecule has 1 rings (SSSR count). The first-order valence-corrected chi connectivity index (χ1v) is 4.90. The van der Waals surface area contributed by atoms with E-state index >= 15 is 0 Å². The summed E-state index contributed by atoms with van der Waals surface area (Å²) in [5, 5.41) is 0. The van der Waals surface area contributed by atoms with E-state index in [2.05, 4.69) is 9.47 Å². The molecule has 0 aromatic carbocycles. The number of pyridine rings is 1. The van der Waals surface area contributed by atoms with Gasteiger partial charge in [-0.15, -0.1) is 13.2 Å². The lowest BCUT2D eigenvalue weighted by Crippen LogP contribution is -2.23. The molecule has 0 atom stereocenters. The fourth-order valence-corrected chi connectivity index (χ4v) is 1.27. The van der Waals surface area contributed by atoms with Crippen LogP contribution in [-0.2, 0) is 22.6 Å². The number of aromatic amines is 1. The number of nitrogens with one attached hydrogen (secondary N) is 1. The molecular formula is C10H9F4NO4. The van der Waals surface area contributed by atoms with Gasteiger partial charge in [-0.3, -0.25) is 9.59 Å². The van der Waals surface area contributed by atoms with Gasteiger partial charge < -0.3 is 14.5 Å². The van der Waals surface area contributed by atoms with Crippen LogP contribution >= 0.6 is 0 Å². The molecule has 0 aliphatic carbocycles. The van der Waals surface area contributed by atoms with Crippen molar-refractivity contribution in [2.75, 3.05) is 7.11 Å². The van der Waals surface area contributed by atoms with E-state index in [1.54, 1.807) is 0 Å². The summed E-state index contributed by atoms with van der Waals surface area (Å²) in [6.45, 7) is -1.43. The Kier molecular flexibility index (Phi) is 4.52. The Hall–Kier alpha value is -2.06. The zero-order chi connectivity index (χ0) is 14.6. The molecule has 1 N–H and O–H groups in total. The summed E-state index contributed by atoms with van der Waals surface area (Å²) in [4.78, 5) is 24.4. The topological polar surface area (TPSA) is 68.4 Å². The first-order chi connectivity index (χ1) is 8.76. The minimum absolute atomic E-state index is 0.173. The Morgan fingerprint density at radius 2 is 2.05 bits per heavy atom. The van der Waals surface area contributed by atoms with Crippen molar-refractivity contribution in [2.24, 2.45) is 0 Å². The Balaban J connectivity index is 3.18. The Morgan fingerprint density at radius 3 is 2.53 bits per heavy atom. The van der Waals surface area contributed by atoms with Gasteiger partial charge in [-0.05, 0) is 0 Å². The van der Waals surface area contributed by atoms with Gasteiger partial charge in [-0.2, -0.15) is 0 Å². The SMILES string of the molecule is COC(=O)Cc1cc(=O)c(CF)c(OC(F)(F)F)[nH]1. The molecule has 1 aromatic rings. The van der Waals surface area contributed by atoms with Gasteiger partial charge in [0.25, 0.3) is 0 Å². The predicted molar refractivity (Wildman–Crippen MR) is 54.3 cm³/mol. The van der Waals surface area contributed by atoms with Crippen molar-refractivity contribution in [1.29, 1.82) is 0 Å². The Labute approximate surface area is 104 Å². The average Bonchev–Trinajstić information content (AvgIpc) is 2.26. The molecular weight excluding hydrogens is 274 g/mol. The fourth-order valence-electron chi connectivity index (χ4n) is 1.27. The second-order valence-electron chi connectivity index (χ2n) is 3.40. The van der Waals surface area contributed by atoms with Gasteiger partial charge in [0.05, 0.1) is 19.1 Å². The summed E-state index contributed by atoms with van der Waals surface area (Å²) >= 11 is 0. The Bertz CT molecular complexity index is 523. The maximum absolute atomic E-state index is 12.5. The number of hydrogen-bond donors (Lipinski definition) is 1. The van der Waals surface area contributed by atoms with E-state index in [4.69, 9.17) is 0 Å². The molecule has 0 saturated heterocycles. The third-order valence-corrected chi connectivity index (χ3v) is 2.06. The quantitative estimate of drug-likeness (QED) is 0.671. The van der Waals surface area contributed by atoms with Crippen LogP contribution in [0.5, 0.6) is 5.88 Å². The summed E-state index contributed by atoms with van der Waals surface area (Å²) in [5.41, 5.74) is -1.97. The second-order valence-corrected chi connectivity index (χ2v) is 3.40. The van der Waals surface area contributed by atoms with Crippen LogP contribution in [0.2, 0.25) is 0 Å². The highest BCUT2D eigenvalue weighted by Gasteiger charge is 2.33. The van der Waals surface area contributed by atoms with Crippen LogP contribution in [0.3, 0.4) is 0 Å². The highest BCUT2D eigenvalue weighted by atomic mass is 19.4. The fraction of sp³-hybridized carbons (Fsp3) is 0.400. The maximum Gasteiger partial charge on any atom is 0.574 e.